The van der Waals surface area contributed by atoms with Gasteiger partial charge < -0.3 is 24.4 Å². The molecule has 0 radical (unpaired) electrons. The van der Waals surface area contributed by atoms with Crippen molar-refractivity contribution in [1.29, 1.82) is 0 Å². The fraction of sp³-hybridized carbons (Fsp3) is 0.500. The summed E-state index contributed by atoms with van der Waals surface area (Å²) in [5.74, 6) is 2.04. The van der Waals surface area contributed by atoms with Gasteiger partial charge in [0.2, 0.25) is 0 Å². The summed E-state index contributed by atoms with van der Waals surface area (Å²) in [6, 6.07) is 14.6. The van der Waals surface area contributed by atoms with E-state index in [9.17, 15) is 4.79 Å². The molecule has 7 nitrogen and oxygen atoms in total. The van der Waals surface area contributed by atoms with E-state index >= 15 is 0 Å². The quantitative estimate of drug-likeness (QED) is 0.750. The summed E-state index contributed by atoms with van der Waals surface area (Å²) in [4.78, 5) is 17.1. The second-order valence-electron chi connectivity index (χ2n) is 9.13. The molecule has 2 fully saturated rings. The summed E-state index contributed by atoms with van der Waals surface area (Å²) in [5, 5.41) is 3.01. The number of rotatable bonds is 5. The van der Waals surface area contributed by atoms with Crippen molar-refractivity contribution in [3.05, 3.63) is 53.6 Å². The van der Waals surface area contributed by atoms with Gasteiger partial charge in [-0.15, -0.1) is 0 Å². The Labute approximate surface area is 195 Å². The smallest absolute Gasteiger partial charge is 0.321 e. The average molecular weight is 452 g/mol. The van der Waals surface area contributed by atoms with Gasteiger partial charge in [0.05, 0.1) is 13.2 Å². The minimum Gasteiger partial charge on any atom is -0.486 e. The van der Waals surface area contributed by atoms with Crippen LogP contribution >= 0.6 is 0 Å². The van der Waals surface area contributed by atoms with Gasteiger partial charge in [0.15, 0.2) is 11.5 Å². The molecule has 0 saturated carbocycles. The van der Waals surface area contributed by atoms with Gasteiger partial charge in [-0.2, -0.15) is 0 Å². The molecule has 0 spiro atoms. The van der Waals surface area contributed by atoms with Gasteiger partial charge in [-0.25, -0.2) is 4.79 Å². The number of nitrogens with zero attached hydrogens (tertiary/aromatic N) is 2. The highest BCUT2D eigenvalue weighted by Crippen LogP contribution is 2.33. The van der Waals surface area contributed by atoms with Gasteiger partial charge in [-0.3, -0.25) is 4.90 Å². The number of anilines is 1. The molecule has 0 unspecified atom stereocenters. The first kappa shape index (κ1) is 22.0. The highest BCUT2D eigenvalue weighted by Gasteiger charge is 2.23. The predicted molar refractivity (Wildman–Crippen MR) is 127 cm³/mol. The summed E-state index contributed by atoms with van der Waals surface area (Å²) in [6.45, 7) is 7.38. The standard InChI is InChI=1S/C26H33N3O4/c30-26(27-23-5-6-24-25(18-23)33-16-15-32-24)29-9-7-21(8-10-29)17-20-1-3-22(4-2-20)19-28-11-13-31-14-12-28/h1-6,18,21H,7-17,19H2,(H,27,30). The average Bonchev–Trinajstić information content (AvgIpc) is 2.86. The molecular formula is C26H33N3O4. The molecule has 2 aromatic rings. The van der Waals surface area contributed by atoms with Crippen LogP contribution in [0.3, 0.4) is 0 Å². The largest absolute Gasteiger partial charge is 0.486 e. The third kappa shape index (κ3) is 5.78. The number of carbonyl (C=O) groups is 1. The Kier molecular flexibility index (Phi) is 6.98. The normalized spacial score (nSPS) is 19.3. The van der Waals surface area contributed by atoms with E-state index < -0.39 is 0 Å². The minimum atomic E-state index is -0.0439. The van der Waals surface area contributed by atoms with Crippen LogP contribution in [0, 0.1) is 5.92 Å². The first-order valence-corrected chi connectivity index (χ1v) is 12.1. The summed E-state index contributed by atoms with van der Waals surface area (Å²) in [6.07, 6.45) is 3.14. The molecule has 2 saturated heterocycles. The van der Waals surface area contributed by atoms with Gasteiger partial charge in [0.25, 0.3) is 0 Å². The van der Waals surface area contributed by atoms with Crippen LogP contribution in [0.2, 0.25) is 0 Å². The highest BCUT2D eigenvalue weighted by atomic mass is 16.6. The van der Waals surface area contributed by atoms with E-state index in [1.807, 2.05) is 23.1 Å². The highest BCUT2D eigenvalue weighted by molar-refractivity contribution is 5.89. The van der Waals surface area contributed by atoms with Gasteiger partial charge in [-0.05, 0) is 48.4 Å². The lowest BCUT2D eigenvalue weighted by Crippen LogP contribution is -2.41. The third-order valence-corrected chi connectivity index (χ3v) is 6.75. The minimum absolute atomic E-state index is 0.0439. The molecule has 0 atom stereocenters. The van der Waals surface area contributed by atoms with Gasteiger partial charge in [-0.1, -0.05) is 24.3 Å². The summed E-state index contributed by atoms with van der Waals surface area (Å²) < 4.78 is 16.6. The van der Waals surface area contributed by atoms with Gasteiger partial charge >= 0.3 is 6.03 Å². The summed E-state index contributed by atoms with van der Waals surface area (Å²) >= 11 is 0. The van der Waals surface area contributed by atoms with Crippen molar-refractivity contribution < 1.29 is 19.0 Å². The molecule has 3 heterocycles. The van der Waals surface area contributed by atoms with Gasteiger partial charge in [0, 0.05) is 44.5 Å². The number of benzene rings is 2. The second kappa shape index (κ2) is 10.4. The third-order valence-electron chi connectivity index (χ3n) is 6.75. The van der Waals surface area contributed by atoms with Crippen molar-refractivity contribution in [3.63, 3.8) is 0 Å². The van der Waals surface area contributed by atoms with Crippen molar-refractivity contribution in [3.8, 4) is 11.5 Å². The number of piperidine rings is 1. The zero-order chi connectivity index (χ0) is 22.5. The Morgan fingerprint density at radius 2 is 1.55 bits per heavy atom. The number of nitrogens with one attached hydrogen (secondary N) is 1. The number of amides is 2. The lowest BCUT2D eigenvalue weighted by molar-refractivity contribution is 0.0342. The van der Waals surface area contributed by atoms with Crippen LogP contribution < -0.4 is 14.8 Å². The van der Waals surface area contributed by atoms with Crippen molar-refractivity contribution in [2.24, 2.45) is 5.92 Å². The SMILES string of the molecule is O=C(Nc1ccc2c(c1)OCCO2)N1CCC(Cc2ccc(CN3CCOCC3)cc2)CC1. The zero-order valence-corrected chi connectivity index (χ0v) is 19.1. The molecule has 33 heavy (non-hydrogen) atoms. The van der Waals surface area contributed by atoms with Crippen LogP contribution in [0.15, 0.2) is 42.5 Å². The maximum absolute atomic E-state index is 12.7. The lowest BCUT2D eigenvalue weighted by Gasteiger charge is -2.32. The van der Waals surface area contributed by atoms with E-state index in [1.165, 1.54) is 11.1 Å². The number of ether oxygens (including phenoxy) is 3. The summed E-state index contributed by atoms with van der Waals surface area (Å²) in [7, 11) is 0. The molecule has 1 N–H and O–H groups in total. The predicted octanol–water partition coefficient (Wildman–Crippen LogP) is 3.78. The molecule has 7 heteroatoms. The molecule has 3 aliphatic rings. The fourth-order valence-corrected chi connectivity index (χ4v) is 4.80. The number of hydrogen-bond acceptors (Lipinski definition) is 5. The van der Waals surface area contributed by atoms with E-state index in [4.69, 9.17) is 14.2 Å². The van der Waals surface area contributed by atoms with Crippen LogP contribution in [-0.2, 0) is 17.7 Å². The van der Waals surface area contributed by atoms with E-state index in [0.29, 0.717) is 24.9 Å². The number of carbonyl (C=O) groups excluding carboxylic acids is 1. The van der Waals surface area contributed by atoms with Crippen LogP contribution in [-0.4, -0.2) is 68.4 Å². The molecular weight excluding hydrogens is 418 g/mol. The topological polar surface area (TPSA) is 63.3 Å². The molecule has 2 aromatic carbocycles. The van der Waals surface area contributed by atoms with Crippen LogP contribution in [0.1, 0.15) is 24.0 Å². The number of likely N-dealkylation sites (tertiary alicyclic amines) is 1. The molecule has 0 aromatic heterocycles. The van der Waals surface area contributed by atoms with E-state index in [1.54, 1.807) is 0 Å². The molecule has 3 aliphatic heterocycles. The summed E-state index contributed by atoms with van der Waals surface area (Å²) in [5.41, 5.74) is 3.50. The van der Waals surface area contributed by atoms with Crippen LogP contribution in [0.5, 0.6) is 11.5 Å². The number of morpholine rings is 1. The van der Waals surface area contributed by atoms with Crippen molar-refractivity contribution in [2.75, 3.05) is 57.9 Å². The van der Waals surface area contributed by atoms with E-state index in [2.05, 4.69) is 34.5 Å². The Bertz CT molecular complexity index is 935. The molecule has 5 rings (SSSR count). The fourth-order valence-electron chi connectivity index (χ4n) is 4.80. The van der Waals surface area contributed by atoms with Crippen LogP contribution in [0.4, 0.5) is 10.5 Å². The Morgan fingerprint density at radius 3 is 2.30 bits per heavy atom. The maximum atomic E-state index is 12.7. The van der Waals surface area contributed by atoms with Crippen molar-refractivity contribution >= 4 is 11.7 Å². The second-order valence-corrected chi connectivity index (χ2v) is 9.13. The maximum Gasteiger partial charge on any atom is 0.321 e. The molecule has 2 amide bonds. The molecule has 0 bridgehead atoms. The monoisotopic (exact) mass is 451 g/mol. The molecule has 176 valence electrons. The first-order valence-electron chi connectivity index (χ1n) is 12.1. The van der Waals surface area contributed by atoms with E-state index in [0.717, 1.165) is 76.6 Å². The zero-order valence-electron chi connectivity index (χ0n) is 19.1. The Balaban J connectivity index is 1.07. The number of urea groups is 1. The van der Waals surface area contributed by atoms with Crippen molar-refractivity contribution in [2.45, 2.75) is 25.8 Å². The Morgan fingerprint density at radius 1 is 0.848 bits per heavy atom. The van der Waals surface area contributed by atoms with Crippen molar-refractivity contribution in [1.82, 2.24) is 9.80 Å². The van der Waals surface area contributed by atoms with Crippen LogP contribution in [0.25, 0.3) is 0 Å². The van der Waals surface area contributed by atoms with Gasteiger partial charge in [0.1, 0.15) is 13.2 Å². The number of hydrogen-bond donors (Lipinski definition) is 1. The lowest BCUT2D eigenvalue weighted by atomic mass is 9.90. The molecule has 0 aliphatic carbocycles. The number of fused-ring (bicyclic) bond motifs is 1. The van der Waals surface area contributed by atoms with E-state index in [-0.39, 0.29) is 6.03 Å². The Hall–Kier alpha value is -2.77. The first-order chi connectivity index (χ1) is 16.2.